The van der Waals surface area contributed by atoms with Crippen LogP contribution in [0, 0.1) is 0 Å². The van der Waals surface area contributed by atoms with Crippen molar-refractivity contribution in [1.82, 2.24) is 5.32 Å². The second-order valence-corrected chi connectivity index (χ2v) is 22.9. The van der Waals surface area contributed by atoms with Gasteiger partial charge < -0.3 is 40.3 Å². The number of hydrogen-bond donors (Lipinski definition) is 6. The topological polar surface area (TPSA) is 149 Å². The number of hydrogen-bond acceptors (Lipinski definition) is 8. The molecule has 0 saturated carbocycles. The predicted molar refractivity (Wildman–Crippen MR) is 332 cm³/mol. The molecule has 0 bridgehead atoms. The molecule has 1 rings (SSSR count). The molecule has 0 spiro atoms. The van der Waals surface area contributed by atoms with E-state index in [1.807, 2.05) is 6.08 Å². The van der Waals surface area contributed by atoms with Gasteiger partial charge in [0, 0.05) is 6.42 Å². The van der Waals surface area contributed by atoms with Crippen molar-refractivity contribution in [2.45, 2.75) is 346 Å². The Balaban J connectivity index is 2.17. The minimum atomic E-state index is -1.57. The molecule has 454 valence electrons. The molecule has 9 heteroatoms. The molecule has 6 N–H and O–H groups in total. The molecule has 0 aromatic rings. The largest absolute Gasteiger partial charge is 0.394 e. The van der Waals surface area contributed by atoms with Crippen molar-refractivity contribution >= 4 is 5.91 Å². The summed E-state index contributed by atoms with van der Waals surface area (Å²) in [5.41, 5.74) is 0. The van der Waals surface area contributed by atoms with E-state index in [0.717, 1.165) is 64.2 Å². The lowest BCUT2D eigenvalue weighted by Crippen LogP contribution is -2.60. The van der Waals surface area contributed by atoms with Crippen molar-refractivity contribution in [3.05, 3.63) is 72.9 Å². The van der Waals surface area contributed by atoms with Crippen LogP contribution in [0.5, 0.6) is 0 Å². The Morgan fingerprint density at radius 1 is 0.449 bits per heavy atom. The van der Waals surface area contributed by atoms with Crippen LogP contribution in [0.1, 0.15) is 303 Å². The summed E-state index contributed by atoms with van der Waals surface area (Å²) in [6.45, 7) is 3.69. The molecule has 1 amide bonds. The first-order valence-electron chi connectivity index (χ1n) is 33.2. The molecule has 78 heavy (non-hydrogen) atoms. The van der Waals surface area contributed by atoms with Crippen molar-refractivity contribution in [2.24, 2.45) is 0 Å². The Kier molecular flexibility index (Phi) is 54.6. The van der Waals surface area contributed by atoms with Gasteiger partial charge in [0.2, 0.25) is 5.91 Å². The van der Waals surface area contributed by atoms with Crippen molar-refractivity contribution in [3.8, 4) is 0 Å². The van der Waals surface area contributed by atoms with Gasteiger partial charge in [0.25, 0.3) is 0 Å². The van der Waals surface area contributed by atoms with Gasteiger partial charge in [0.1, 0.15) is 24.4 Å². The fourth-order valence-electron chi connectivity index (χ4n) is 10.3. The molecule has 0 aliphatic carbocycles. The first-order valence-corrected chi connectivity index (χ1v) is 33.2. The third kappa shape index (κ3) is 46.3. The molecule has 0 aromatic heterocycles. The average Bonchev–Trinajstić information content (AvgIpc) is 3.45. The number of allylic oxidation sites excluding steroid dienone is 11. The van der Waals surface area contributed by atoms with Crippen LogP contribution >= 0.6 is 0 Å². The van der Waals surface area contributed by atoms with Crippen LogP contribution < -0.4 is 5.32 Å². The SMILES string of the molecule is CC/C=C\C/C=C\C/C=C\C/C=C\CCCCCCCCCCCCCCCCCCC(=O)NC(COC1OC(CO)C(O)C(O)C1O)C(O)/C=C/CC/C=C/CCCCCCCCCCCCCCCCCCCCCC. The van der Waals surface area contributed by atoms with Crippen LogP contribution in [0.3, 0.4) is 0 Å². The number of rotatable bonds is 57. The molecular weight excluding hydrogens is 971 g/mol. The fraction of sp³-hybridized carbons (Fsp3) is 0.812. The first kappa shape index (κ1) is 73.6. The molecule has 1 heterocycles. The summed E-state index contributed by atoms with van der Waals surface area (Å²) >= 11 is 0. The van der Waals surface area contributed by atoms with Crippen molar-refractivity contribution in [3.63, 3.8) is 0 Å². The zero-order valence-corrected chi connectivity index (χ0v) is 50.7. The van der Waals surface area contributed by atoms with Crippen molar-refractivity contribution in [2.75, 3.05) is 13.2 Å². The Morgan fingerprint density at radius 3 is 1.23 bits per heavy atom. The molecular formula is C69H125NO8. The summed E-state index contributed by atoms with van der Waals surface area (Å²) in [7, 11) is 0. The molecule has 9 nitrogen and oxygen atoms in total. The number of aliphatic hydroxyl groups is 5. The van der Waals surface area contributed by atoms with Gasteiger partial charge in [0.15, 0.2) is 6.29 Å². The molecule has 1 aliphatic rings. The number of aliphatic hydroxyl groups excluding tert-OH is 5. The molecule has 0 aromatic carbocycles. The van der Waals surface area contributed by atoms with E-state index in [4.69, 9.17) is 9.47 Å². The molecule has 7 atom stereocenters. The smallest absolute Gasteiger partial charge is 0.220 e. The molecule has 1 saturated heterocycles. The van der Waals surface area contributed by atoms with Gasteiger partial charge in [-0.2, -0.15) is 0 Å². The molecule has 1 fully saturated rings. The lowest BCUT2D eigenvalue weighted by molar-refractivity contribution is -0.302. The number of unbranched alkanes of at least 4 members (excludes halogenated alkanes) is 37. The van der Waals surface area contributed by atoms with Gasteiger partial charge in [-0.3, -0.25) is 4.79 Å². The third-order valence-corrected chi connectivity index (χ3v) is 15.5. The lowest BCUT2D eigenvalue weighted by atomic mass is 9.99. The van der Waals surface area contributed by atoms with Gasteiger partial charge in [0.05, 0.1) is 25.4 Å². The average molecular weight is 1100 g/mol. The summed E-state index contributed by atoms with van der Waals surface area (Å²) in [6, 6.07) is -0.826. The molecule has 1 aliphatic heterocycles. The maximum Gasteiger partial charge on any atom is 0.220 e. The van der Waals surface area contributed by atoms with E-state index in [9.17, 15) is 30.3 Å². The minimum Gasteiger partial charge on any atom is -0.394 e. The van der Waals surface area contributed by atoms with Crippen LogP contribution in [-0.4, -0.2) is 87.5 Å². The predicted octanol–water partition coefficient (Wildman–Crippen LogP) is 17.6. The molecule has 7 unspecified atom stereocenters. The monoisotopic (exact) mass is 1100 g/mol. The quantitative estimate of drug-likeness (QED) is 0.0261. The highest BCUT2D eigenvalue weighted by molar-refractivity contribution is 5.76. The minimum absolute atomic E-state index is 0.185. The number of carbonyl (C=O) groups is 1. The number of amides is 1. The van der Waals surface area contributed by atoms with Crippen LogP contribution in [0.15, 0.2) is 72.9 Å². The number of carbonyl (C=O) groups excluding carboxylic acids is 1. The van der Waals surface area contributed by atoms with Crippen LogP contribution in [0.2, 0.25) is 0 Å². The van der Waals surface area contributed by atoms with Crippen LogP contribution in [0.4, 0.5) is 0 Å². The highest BCUT2D eigenvalue weighted by atomic mass is 16.7. The van der Waals surface area contributed by atoms with Gasteiger partial charge in [-0.25, -0.2) is 0 Å². The standard InChI is InChI=1S/C69H125NO8/c1-3-5-7-9-11-13-15-17-19-21-23-25-27-29-31-32-33-35-37-39-41-43-45-47-49-51-53-55-57-59-65(73)70-62(61-77-69-68(76)67(75)66(74)64(60-71)78-69)63(72)58-56-54-52-50-48-46-44-42-40-38-36-34-30-28-26-24-22-20-18-16-14-12-10-8-6-4-2/h5,7,11,13,17,19,23,25,48,50,56,58,62-64,66-69,71-72,74-76H,3-4,6,8-10,12,14-16,18,20-22,24,26-47,49,51-55,57,59-61H2,1-2H3,(H,70,73)/b7-5-,13-11-,19-17-,25-23-,50-48+,58-56+. The van der Waals surface area contributed by atoms with E-state index in [2.05, 4.69) is 79.9 Å². The van der Waals surface area contributed by atoms with E-state index in [1.54, 1.807) is 6.08 Å². The zero-order chi connectivity index (χ0) is 56.5. The fourth-order valence-corrected chi connectivity index (χ4v) is 10.3. The Hall–Kier alpha value is -2.37. The highest BCUT2D eigenvalue weighted by Crippen LogP contribution is 2.23. The van der Waals surface area contributed by atoms with Gasteiger partial charge >= 0.3 is 0 Å². The van der Waals surface area contributed by atoms with E-state index in [-0.39, 0.29) is 12.5 Å². The van der Waals surface area contributed by atoms with Gasteiger partial charge in [-0.05, 0) is 70.6 Å². The highest BCUT2D eigenvalue weighted by Gasteiger charge is 2.44. The second kappa shape index (κ2) is 57.8. The van der Waals surface area contributed by atoms with Gasteiger partial charge in [-0.1, -0.05) is 299 Å². The Labute approximate surface area is 480 Å². The van der Waals surface area contributed by atoms with Crippen LogP contribution in [-0.2, 0) is 14.3 Å². The third-order valence-electron chi connectivity index (χ3n) is 15.5. The number of nitrogens with one attached hydrogen (secondary N) is 1. The van der Waals surface area contributed by atoms with Crippen molar-refractivity contribution in [1.29, 1.82) is 0 Å². The second-order valence-electron chi connectivity index (χ2n) is 22.9. The van der Waals surface area contributed by atoms with E-state index < -0.39 is 49.5 Å². The zero-order valence-electron chi connectivity index (χ0n) is 50.7. The van der Waals surface area contributed by atoms with Crippen LogP contribution in [0.25, 0.3) is 0 Å². The summed E-state index contributed by atoms with van der Waals surface area (Å²) in [6.07, 6.45) is 74.2. The maximum absolute atomic E-state index is 13.1. The summed E-state index contributed by atoms with van der Waals surface area (Å²) in [4.78, 5) is 13.1. The maximum atomic E-state index is 13.1. The summed E-state index contributed by atoms with van der Waals surface area (Å²) < 4.78 is 11.3. The molecule has 0 radical (unpaired) electrons. The van der Waals surface area contributed by atoms with E-state index in [0.29, 0.717) is 6.42 Å². The summed E-state index contributed by atoms with van der Waals surface area (Å²) in [5, 5.41) is 54.7. The summed E-state index contributed by atoms with van der Waals surface area (Å²) in [5.74, 6) is -0.185. The van der Waals surface area contributed by atoms with Gasteiger partial charge in [-0.15, -0.1) is 0 Å². The number of ether oxygens (including phenoxy) is 2. The van der Waals surface area contributed by atoms with E-state index in [1.165, 1.54) is 218 Å². The first-order chi connectivity index (χ1) is 38.3. The van der Waals surface area contributed by atoms with E-state index >= 15 is 0 Å². The Bertz CT molecular complexity index is 1460. The lowest BCUT2D eigenvalue weighted by Gasteiger charge is -2.40. The Morgan fingerprint density at radius 2 is 0.808 bits per heavy atom. The van der Waals surface area contributed by atoms with Crippen molar-refractivity contribution < 1.29 is 39.8 Å². The normalized spacial score (nSPS) is 19.1.